The van der Waals surface area contributed by atoms with Crippen LogP contribution in [0.5, 0.6) is 23.0 Å². The minimum absolute atomic E-state index is 0.0233. The molecule has 0 amide bonds. The molecule has 32 heavy (non-hydrogen) atoms. The van der Waals surface area contributed by atoms with Crippen LogP contribution in [0.3, 0.4) is 0 Å². The molecule has 1 aromatic heterocycles. The van der Waals surface area contributed by atoms with Crippen molar-refractivity contribution >= 4 is 5.97 Å². The third-order valence-corrected chi connectivity index (χ3v) is 5.60. The maximum atomic E-state index is 13.5. The average Bonchev–Trinajstić information content (AvgIpc) is 3.12. The highest BCUT2D eigenvalue weighted by Gasteiger charge is 2.39. The molecule has 0 saturated heterocycles. The standard InChI is InChI=1S/C24H23NO7/c1-13-11-16(26)20(23(27)25(13)12-14-7-5-6-8-17(14)29-2)21-15-9-10-18(30-3)22(31-4)19(15)24(28)32-21/h5-11,21,26H,12H2,1-4H3/t21-/m0/s1. The van der Waals surface area contributed by atoms with E-state index in [2.05, 4.69) is 0 Å². The van der Waals surface area contributed by atoms with Crippen LogP contribution in [0.4, 0.5) is 0 Å². The van der Waals surface area contributed by atoms with Crippen LogP contribution in [0.1, 0.15) is 38.8 Å². The predicted molar refractivity (Wildman–Crippen MR) is 116 cm³/mol. The molecule has 3 aromatic rings. The second-order valence-electron chi connectivity index (χ2n) is 7.34. The Kier molecular flexibility index (Phi) is 5.52. The molecule has 166 valence electrons. The summed E-state index contributed by atoms with van der Waals surface area (Å²) in [6, 6.07) is 12.1. The summed E-state index contributed by atoms with van der Waals surface area (Å²) < 4.78 is 23.1. The van der Waals surface area contributed by atoms with E-state index in [1.165, 1.54) is 24.9 Å². The van der Waals surface area contributed by atoms with Crippen LogP contribution in [-0.4, -0.2) is 37.0 Å². The van der Waals surface area contributed by atoms with Gasteiger partial charge >= 0.3 is 5.97 Å². The zero-order valence-electron chi connectivity index (χ0n) is 18.2. The number of aromatic nitrogens is 1. The van der Waals surface area contributed by atoms with Gasteiger partial charge in [-0.3, -0.25) is 4.79 Å². The lowest BCUT2D eigenvalue weighted by Crippen LogP contribution is -2.28. The Bertz CT molecular complexity index is 1260. The second kappa shape index (κ2) is 8.30. The van der Waals surface area contributed by atoms with Gasteiger partial charge in [0.15, 0.2) is 17.6 Å². The van der Waals surface area contributed by atoms with Gasteiger partial charge in [0.25, 0.3) is 5.56 Å². The summed E-state index contributed by atoms with van der Waals surface area (Å²) in [7, 11) is 4.44. The van der Waals surface area contributed by atoms with Crippen LogP contribution < -0.4 is 19.8 Å². The van der Waals surface area contributed by atoms with Gasteiger partial charge in [-0.25, -0.2) is 4.79 Å². The number of rotatable bonds is 6. The number of esters is 1. The summed E-state index contributed by atoms with van der Waals surface area (Å²) in [6.45, 7) is 1.95. The van der Waals surface area contributed by atoms with Gasteiger partial charge < -0.3 is 28.6 Å². The summed E-state index contributed by atoms with van der Waals surface area (Å²) in [5, 5.41) is 10.7. The molecule has 0 unspecified atom stereocenters. The topological polar surface area (TPSA) is 96.2 Å². The van der Waals surface area contributed by atoms with E-state index >= 15 is 0 Å². The van der Waals surface area contributed by atoms with Gasteiger partial charge in [-0.1, -0.05) is 24.3 Å². The fraction of sp³-hybridized carbons (Fsp3) is 0.250. The van der Waals surface area contributed by atoms with Gasteiger partial charge in [0, 0.05) is 16.8 Å². The second-order valence-corrected chi connectivity index (χ2v) is 7.34. The summed E-state index contributed by atoms with van der Waals surface area (Å²) in [5.74, 6) is 0.326. The van der Waals surface area contributed by atoms with Crippen molar-refractivity contribution in [1.82, 2.24) is 4.57 Å². The predicted octanol–water partition coefficient (Wildman–Crippen LogP) is 3.20. The molecule has 4 rings (SSSR count). The summed E-state index contributed by atoms with van der Waals surface area (Å²) >= 11 is 0. The summed E-state index contributed by atoms with van der Waals surface area (Å²) in [6.07, 6.45) is -1.07. The molecule has 0 spiro atoms. The van der Waals surface area contributed by atoms with Crippen molar-refractivity contribution in [2.24, 2.45) is 0 Å². The fourth-order valence-corrected chi connectivity index (χ4v) is 4.03. The number of hydrogen-bond donors (Lipinski definition) is 1. The average molecular weight is 437 g/mol. The Morgan fingerprint density at radius 2 is 1.72 bits per heavy atom. The molecular formula is C24H23NO7. The highest BCUT2D eigenvalue weighted by atomic mass is 16.6. The number of carbonyl (C=O) groups excluding carboxylic acids is 1. The van der Waals surface area contributed by atoms with Gasteiger partial charge in [-0.15, -0.1) is 0 Å². The molecule has 1 aliphatic heterocycles. The quantitative estimate of drug-likeness (QED) is 0.592. The summed E-state index contributed by atoms with van der Waals surface area (Å²) in [5.41, 5.74) is 1.46. The molecule has 1 aliphatic rings. The molecule has 0 radical (unpaired) electrons. The van der Waals surface area contributed by atoms with Crippen molar-refractivity contribution in [3.05, 3.63) is 80.8 Å². The van der Waals surface area contributed by atoms with Gasteiger partial charge in [-0.05, 0) is 25.1 Å². The Balaban J connectivity index is 1.86. The third-order valence-electron chi connectivity index (χ3n) is 5.60. The van der Waals surface area contributed by atoms with E-state index in [0.717, 1.165) is 5.56 Å². The maximum Gasteiger partial charge on any atom is 0.343 e. The van der Waals surface area contributed by atoms with Crippen molar-refractivity contribution in [3.63, 3.8) is 0 Å². The number of benzene rings is 2. The lowest BCUT2D eigenvalue weighted by atomic mass is 9.98. The number of para-hydroxylation sites is 1. The zero-order chi connectivity index (χ0) is 23.0. The molecule has 0 saturated carbocycles. The van der Waals surface area contributed by atoms with Crippen LogP contribution in [0, 0.1) is 6.92 Å². The van der Waals surface area contributed by atoms with Crippen molar-refractivity contribution in [3.8, 4) is 23.0 Å². The molecule has 1 atom stereocenters. The molecule has 8 nitrogen and oxygen atoms in total. The SMILES string of the molecule is COc1ccccc1Cn1c(C)cc(O)c([C@H]2OC(=O)c3c2ccc(OC)c3OC)c1=O. The molecule has 2 heterocycles. The Labute approximate surface area is 184 Å². The minimum Gasteiger partial charge on any atom is -0.507 e. The molecule has 8 heteroatoms. The van der Waals surface area contributed by atoms with Gasteiger partial charge in [-0.2, -0.15) is 0 Å². The number of carbonyl (C=O) groups is 1. The first-order valence-corrected chi connectivity index (χ1v) is 9.92. The van der Waals surface area contributed by atoms with Crippen molar-refractivity contribution < 1.29 is 28.8 Å². The highest BCUT2D eigenvalue weighted by molar-refractivity contribution is 5.98. The van der Waals surface area contributed by atoms with Crippen LogP contribution in [-0.2, 0) is 11.3 Å². The number of cyclic esters (lactones) is 1. The number of methoxy groups -OCH3 is 3. The van der Waals surface area contributed by atoms with Gasteiger partial charge in [0.1, 0.15) is 22.6 Å². The third kappa shape index (κ3) is 3.33. The van der Waals surface area contributed by atoms with Crippen molar-refractivity contribution in [1.29, 1.82) is 0 Å². The number of aromatic hydroxyl groups is 1. The van der Waals surface area contributed by atoms with E-state index < -0.39 is 17.6 Å². The molecule has 0 fully saturated rings. The molecular weight excluding hydrogens is 414 g/mol. The Morgan fingerprint density at radius 1 is 1.00 bits per heavy atom. The fourth-order valence-electron chi connectivity index (χ4n) is 4.03. The summed E-state index contributed by atoms with van der Waals surface area (Å²) in [4.78, 5) is 26.2. The normalized spacial score (nSPS) is 14.6. The van der Waals surface area contributed by atoms with Gasteiger partial charge in [0.05, 0.1) is 27.9 Å². The highest BCUT2D eigenvalue weighted by Crippen LogP contribution is 2.45. The van der Waals surface area contributed by atoms with Crippen LogP contribution in [0.25, 0.3) is 0 Å². The smallest absolute Gasteiger partial charge is 0.343 e. The lowest BCUT2D eigenvalue weighted by Gasteiger charge is -2.18. The van der Waals surface area contributed by atoms with E-state index in [9.17, 15) is 14.7 Å². The minimum atomic E-state index is -1.07. The monoisotopic (exact) mass is 437 g/mol. The number of pyridine rings is 1. The largest absolute Gasteiger partial charge is 0.507 e. The Morgan fingerprint density at radius 3 is 2.41 bits per heavy atom. The van der Waals surface area contributed by atoms with Crippen molar-refractivity contribution in [2.75, 3.05) is 21.3 Å². The lowest BCUT2D eigenvalue weighted by molar-refractivity contribution is 0.0448. The van der Waals surface area contributed by atoms with Crippen LogP contribution in [0.2, 0.25) is 0 Å². The molecule has 2 aromatic carbocycles. The molecule has 0 bridgehead atoms. The number of ether oxygens (including phenoxy) is 4. The number of hydrogen-bond acceptors (Lipinski definition) is 7. The van der Waals surface area contributed by atoms with E-state index in [0.29, 0.717) is 22.8 Å². The van der Waals surface area contributed by atoms with E-state index in [1.54, 1.807) is 26.2 Å². The van der Waals surface area contributed by atoms with Gasteiger partial charge in [0.2, 0.25) is 0 Å². The van der Waals surface area contributed by atoms with Crippen molar-refractivity contribution in [2.45, 2.75) is 19.6 Å². The van der Waals surface area contributed by atoms with E-state index in [-0.39, 0.29) is 29.2 Å². The van der Waals surface area contributed by atoms with E-state index in [1.807, 2.05) is 24.3 Å². The van der Waals surface area contributed by atoms with Crippen LogP contribution >= 0.6 is 0 Å². The zero-order valence-corrected chi connectivity index (χ0v) is 18.2. The first kappa shape index (κ1) is 21.3. The number of aryl methyl sites for hydroxylation is 1. The maximum absolute atomic E-state index is 13.5. The van der Waals surface area contributed by atoms with Crippen LogP contribution in [0.15, 0.2) is 47.3 Å². The van der Waals surface area contributed by atoms with E-state index in [4.69, 9.17) is 18.9 Å². The number of fused-ring (bicyclic) bond motifs is 1. The molecule has 0 aliphatic carbocycles. The first-order chi connectivity index (χ1) is 15.4. The number of nitrogens with zero attached hydrogens (tertiary/aromatic N) is 1. The first-order valence-electron chi connectivity index (χ1n) is 9.92. The molecule has 1 N–H and O–H groups in total. The Hall–Kier alpha value is -3.94.